The summed E-state index contributed by atoms with van der Waals surface area (Å²) < 4.78 is 31.6. The second kappa shape index (κ2) is 6.60. The van der Waals surface area contributed by atoms with Gasteiger partial charge < -0.3 is 9.84 Å². The molecule has 1 saturated heterocycles. The minimum absolute atomic E-state index is 0.151. The number of benzene rings is 1. The molecule has 0 aliphatic carbocycles. The summed E-state index contributed by atoms with van der Waals surface area (Å²) in [6.07, 6.45) is 1.72. The van der Waals surface area contributed by atoms with Crippen LogP contribution in [0.15, 0.2) is 36.5 Å². The van der Waals surface area contributed by atoms with Crippen molar-refractivity contribution in [3.05, 3.63) is 59.3 Å². The molecular formula is C17H18F2N2O2. The van der Waals surface area contributed by atoms with Crippen molar-refractivity contribution in [1.82, 2.24) is 9.88 Å². The minimum atomic E-state index is -0.866. The van der Waals surface area contributed by atoms with Gasteiger partial charge in [-0.25, -0.2) is 13.8 Å². The van der Waals surface area contributed by atoms with Gasteiger partial charge in [-0.2, -0.15) is 0 Å². The predicted molar refractivity (Wildman–Crippen MR) is 80.9 cm³/mol. The molecule has 2 aromatic rings. The summed E-state index contributed by atoms with van der Waals surface area (Å²) in [4.78, 5) is 6.20. The van der Waals surface area contributed by atoms with E-state index in [9.17, 15) is 13.9 Å². The van der Waals surface area contributed by atoms with E-state index in [2.05, 4.69) is 4.98 Å². The van der Waals surface area contributed by atoms with Crippen LogP contribution < -0.4 is 4.74 Å². The zero-order chi connectivity index (χ0) is 16.4. The zero-order valence-corrected chi connectivity index (χ0v) is 12.7. The first-order chi connectivity index (χ1) is 11.1. The third-order valence-electron chi connectivity index (χ3n) is 4.10. The first-order valence-corrected chi connectivity index (χ1v) is 7.43. The van der Waals surface area contributed by atoms with Gasteiger partial charge in [-0.05, 0) is 29.7 Å². The number of β-amino-alcohol motifs (C(OH)–C–C–N with tert-alkyl or cyclic N) is 1. The number of ether oxygens (including phenoxy) is 1. The van der Waals surface area contributed by atoms with Gasteiger partial charge in [0.15, 0.2) is 11.6 Å². The van der Waals surface area contributed by atoms with Crippen LogP contribution in [0.25, 0.3) is 0 Å². The molecule has 0 radical (unpaired) electrons. The van der Waals surface area contributed by atoms with Crippen molar-refractivity contribution >= 4 is 0 Å². The molecule has 122 valence electrons. The molecule has 1 aliphatic rings. The summed E-state index contributed by atoms with van der Waals surface area (Å²) in [6, 6.07) is 7.43. The molecule has 0 amide bonds. The van der Waals surface area contributed by atoms with E-state index in [1.54, 1.807) is 25.4 Å². The topological polar surface area (TPSA) is 45.6 Å². The van der Waals surface area contributed by atoms with Crippen molar-refractivity contribution < 1.29 is 18.6 Å². The Hall–Kier alpha value is -2.05. The molecule has 2 heterocycles. The maximum Gasteiger partial charge on any atom is 0.212 e. The molecule has 1 aromatic carbocycles. The number of aliphatic hydroxyl groups excluding tert-OH is 1. The van der Waals surface area contributed by atoms with Crippen LogP contribution in [-0.4, -0.2) is 34.7 Å². The van der Waals surface area contributed by atoms with E-state index in [4.69, 9.17) is 4.74 Å². The van der Waals surface area contributed by atoms with Gasteiger partial charge in [0.1, 0.15) is 0 Å². The molecule has 1 N–H and O–H groups in total. The fraction of sp³-hybridized carbons (Fsp3) is 0.353. The van der Waals surface area contributed by atoms with Crippen LogP contribution in [0.5, 0.6) is 5.88 Å². The third-order valence-corrected chi connectivity index (χ3v) is 4.10. The van der Waals surface area contributed by atoms with Gasteiger partial charge in [-0.15, -0.1) is 0 Å². The number of pyridine rings is 1. The van der Waals surface area contributed by atoms with Crippen molar-refractivity contribution in [2.45, 2.75) is 25.1 Å². The number of methoxy groups -OCH3 is 1. The second-order valence-electron chi connectivity index (χ2n) is 5.72. The van der Waals surface area contributed by atoms with Crippen LogP contribution in [0.1, 0.15) is 23.6 Å². The summed E-state index contributed by atoms with van der Waals surface area (Å²) in [6.45, 7) is 1.05. The number of aromatic nitrogens is 1. The Morgan fingerprint density at radius 1 is 1.26 bits per heavy atom. The Morgan fingerprint density at radius 3 is 2.74 bits per heavy atom. The smallest absolute Gasteiger partial charge is 0.212 e. The molecule has 0 spiro atoms. The molecule has 1 aliphatic heterocycles. The van der Waals surface area contributed by atoms with Gasteiger partial charge in [-0.1, -0.05) is 12.1 Å². The molecule has 0 saturated carbocycles. The number of likely N-dealkylation sites (tertiary alicyclic amines) is 1. The number of hydrogen-bond acceptors (Lipinski definition) is 4. The van der Waals surface area contributed by atoms with E-state index >= 15 is 0 Å². The summed E-state index contributed by atoms with van der Waals surface area (Å²) in [5, 5.41) is 9.97. The third kappa shape index (κ3) is 3.48. The largest absolute Gasteiger partial charge is 0.481 e. The molecule has 1 aromatic heterocycles. The highest BCUT2D eigenvalue weighted by atomic mass is 19.2. The van der Waals surface area contributed by atoms with Crippen LogP contribution in [0, 0.1) is 11.6 Å². The van der Waals surface area contributed by atoms with Crippen molar-refractivity contribution in [3.63, 3.8) is 0 Å². The maximum atomic E-state index is 13.5. The first kappa shape index (κ1) is 15.8. The summed E-state index contributed by atoms with van der Waals surface area (Å²) in [7, 11) is 1.55. The van der Waals surface area contributed by atoms with Crippen LogP contribution >= 0.6 is 0 Å². The van der Waals surface area contributed by atoms with Crippen LogP contribution in [0.3, 0.4) is 0 Å². The van der Waals surface area contributed by atoms with Crippen LogP contribution in [0.4, 0.5) is 8.78 Å². The zero-order valence-electron chi connectivity index (χ0n) is 12.7. The number of aliphatic hydroxyl groups is 1. The molecule has 4 nitrogen and oxygen atoms in total. The Bertz CT molecular complexity index is 679. The van der Waals surface area contributed by atoms with E-state index in [-0.39, 0.29) is 6.04 Å². The van der Waals surface area contributed by atoms with Gasteiger partial charge in [0.25, 0.3) is 0 Å². The molecule has 2 atom stereocenters. The Balaban J connectivity index is 1.79. The second-order valence-corrected chi connectivity index (χ2v) is 5.72. The van der Waals surface area contributed by atoms with Crippen molar-refractivity contribution in [1.29, 1.82) is 0 Å². The highest BCUT2D eigenvalue weighted by molar-refractivity contribution is 5.24. The summed E-state index contributed by atoms with van der Waals surface area (Å²) >= 11 is 0. The van der Waals surface area contributed by atoms with E-state index in [0.717, 1.165) is 11.6 Å². The van der Waals surface area contributed by atoms with Crippen LogP contribution in [-0.2, 0) is 6.54 Å². The monoisotopic (exact) mass is 320 g/mol. The van der Waals surface area contributed by atoms with Crippen molar-refractivity contribution in [3.8, 4) is 5.88 Å². The average molecular weight is 320 g/mol. The van der Waals surface area contributed by atoms with E-state index in [1.807, 2.05) is 11.0 Å². The molecule has 23 heavy (non-hydrogen) atoms. The lowest BCUT2D eigenvalue weighted by Crippen LogP contribution is -2.24. The lowest BCUT2D eigenvalue weighted by atomic mass is 10.0. The first-order valence-electron chi connectivity index (χ1n) is 7.43. The fourth-order valence-electron chi connectivity index (χ4n) is 2.98. The van der Waals surface area contributed by atoms with Crippen molar-refractivity contribution in [2.24, 2.45) is 0 Å². The van der Waals surface area contributed by atoms with Gasteiger partial charge in [0.05, 0.1) is 13.2 Å². The maximum absolute atomic E-state index is 13.5. The molecule has 0 unspecified atom stereocenters. The SMILES string of the molecule is COc1ccc(CN2C[C@@H](O)C[C@@H]2c2ccc(F)c(F)c2)cn1. The predicted octanol–water partition coefficient (Wildman–Crippen LogP) is 2.68. The van der Waals surface area contributed by atoms with Gasteiger partial charge >= 0.3 is 0 Å². The Morgan fingerprint density at radius 2 is 2.09 bits per heavy atom. The quantitative estimate of drug-likeness (QED) is 0.941. The molecule has 6 heteroatoms. The highest BCUT2D eigenvalue weighted by Gasteiger charge is 2.32. The molecule has 3 rings (SSSR count). The van der Waals surface area contributed by atoms with Gasteiger partial charge in [0, 0.05) is 31.4 Å². The Labute approximate surface area is 133 Å². The molecule has 0 bridgehead atoms. The van der Waals surface area contributed by atoms with E-state index < -0.39 is 17.7 Å². The van der Waals surface area contributed by atoms with Crippen LogP contribution in [0.2, 0.25) is 0 Å². The Kier molecular flexibility index (Phi) is 4.54. The lowest BCUT2D eigenvalue weighted by molar-refractivity contribution is 0.172. The highest BCUT2D eigenvalue weighted by Crippen LogP contribution is 2.34. The standard InChI is InChI=1S/C17H18F2N2O2/c1-23-17-5-2-11(8-20-17)9-21-10-13(22)7-16(21)12-3-4-14(18)15(19)6-12/h2-6,8,13,16,22H,7,9-10H2,1H3/t13-,16+/m0/s1. The normalized spacial score (nSPS) is 21.6. The summed E-state index contributed by atoms with van der Waals surface area (Å²) in [5.41, 5.74) is 1.63. The minimum Gasteiger partial charge on any atom is -0.481 e. The molecule has 1 fully saturated rings. The number of nitrogens with zero attached hydrogens (tertiary/aromatic N) is 2. The number of halogens is 2. The van der Waals surface area contributed by atoms with E-state index in [0.29, 0.717) is 31.0 Å². The van der Waals surface area contributed by atoms with Gasteiger partial charge in [-0.3, -0.25) is 4.90 Å². The number of rotatable bonds is 4. The van der Waals surface area contributed by atoms with Gasteiger partial charge in [0.2, 0.25) is 5.88 Å². The van der Waals surface area contributed by atoms with E-state index in [1.165, 1.54) is 6.07 Å². The summed E-state index contributed by atoms with van der Waals surface area (Å²) in [5.74, 6) is -1.19. The lowest BCUT2D eigenvalue weighted by Gasteiger charge is -2.24. The molecular weight excluding hydrogens is 302 g/mol. The van der Waals surface area contributed by atoms with Crippen molar-refractivity contribution in [2.75, 3.05) is 13.7 Å². The fourth-order valence-corrected chi connectivity index (χ4v) is 2.98. The average Bonchev–Trinajstić information content (AvgIpc) is 2.91. The number of hydrogen-bond donors (Lipinski definition) is 1.